The molecule has 2 N–H and O–H groups in total. The number of likely N-dealkylation sites (tertiary alicyclic amines) is 1. The zero-order valence-corrected chi connectivity index (χ0v) is 23.5. The van der Waals surface area contributed by atoms with Gasteiger partial charge in [0.15, 0.2) is 11.5 Å². The van der Waals surface area contributed by atoms with Gasteiger partial charge in [0.05, 0.1) is 27.2 Å². The molecule has 3 rings (SSSR count). The number of hydrogen-bond donors (Lipinski definition) is 1. The quantitative estimate of drug-likeness (QED) is 0.452. The molecule has 9 heteroatoms. The molecule has 1 aliphatic carbocycles. The molecule has 1 saturated heterocycles. The molecule has 1 aromatic carbocycles. The van der Waals surface area contributed by atoms with Gasteiger partial charge in [-0.2, -0.15) is 0 Å². The van der Waals surface area contributed by atoms with Crippen LogP contribution in [0.3, 0.4) is 0 Å². The fourth-order valence-electron chi connectivity index (χ4n) is 5.79. The minimum Gasteiger partial charge on any atom is -0.493 e. The van der Waals surface area contributed by atoms with E-state index >= 15 is 0 Å². The summed E-state index contributed by atoms with van der Waals surface area (Å²) in [5, 5.41) is 0. The van der Waals surface area contributed by atoms with E-state index in [9.17, 15) is 14.4 Å². The molecule has 2 fully saturated rings. The Balaban J connectivity index is 2.04. The number of nitrogens with two attached hydrogens (primary N) is 1. The van der Waals surface area contributed by atoms with Crippen LogP contribution in [0.25, 0.3) is 0 Å². The first-order chi connectivity index (χ1) is 18.3. The minimum atomic E-state index is -0.720. The van der Waals surface area contributed by atoms with E-state index in [1.807, 2.05) is 26.0 Å². The number of primary amides is 1. The molecule has 38 heavy (non-hydrogen) atoms. The zero-order valence-electron chi connectivity index (χ0n) is 23.5. The van der Waals surface area contributed by atoms with E-state index in [-0.39, 0.29) is 23.5 Å². The number of rotatable bonds is 10. The van der Waals surface area contributed by atoms with Crippen molar-refractivity contribution in [1.82, 2.24) is 4.90 Å². The van der Waals surface area contributed by atoms with Gasteiger partial charge in [0.25, 0.3) is 11.8 Å². The second-order valence-electron chi connectivity index (χ2n) is 10.4. The Hall–Kier alpha value is -3.10. The Morgan fingerprint density at radius 1 is 0.974 bits per heavy atom. The van der Waals surface area contributed by atoms with Crippen molar-refractivity contribution >= 4 is 23.4 Å². The highest BCUT2D eigenvalue weighted by Crippen LogP contribution is 2.45. The number of benzene rings is 1. The third kappa shape index (κ3) is 6.48. The minimum absolute atomic E-state index is 0.0731. The normalized spacial score (nSPS) is 20.4. The SMILES string of the molecule is CC[C@H](C)C(=NC(=O)[C@@H]1CCCCN1C(=O)[C@H](c1cc(OC)c(OC)c(OC)c1)C1CCCCC1)C(N)=O. The van der Waals surface area contributed by atoms with Crippen LogP contribution >= 0.6 is 0 Å². The summed E-state index contributed by atoms with van der Waals surface area (Å²) in [6.45, 7) is 4.20. The summed E-state index contributed by atoms with van der Waals surface area (Å²) in [6, 6.07) is 2.99. The Morgan fingerprint density at radius 2 is 1.58 bits per heavy atom. The number of methoxy groups -OCH3 is 3. The summed E-state index contributed by atoms with van der Waals surface area (Å²) >= 11 is 0. The summed E-state index contributed by atoms with van der Waals surface area (Å²) in [7, 11) is 4.67. The van der Waals surface area contributed by atoms with Crippen LogP contribution in [0.15, 0.2) is 17.1 Å². The molecular weight excluding hydrogens is 486 g/mol. The number of hydrogen-bond acceptors (Lipinski definition) is 6. The van der Waals surface area contributed by atoms with Crippen LogP contribution < -0.4 is 19.9 Å². The van der Waals surface area contributed by atoms with Gasteiger partial charge < -0.3 is 24.8 Å². The fourth-order valence-corrected chi connectivity index (χ4v) is 5.79. The highest BCUT2D eigenvalue weighted by atomic mass is 16.5. The molecule has 0 spiro atoms. The Labute approximate surface area is 226 Å². The van der Waals surface area contributed by atoms with Crippen LogP contribution in [0.4, 0.5) is 0 Å². The largest absolute Gasteiger partial charge is 0.493 e. The summed E-state index contributed by atoms with van der Waals surface area (Å²) < 4.78 is 16.7. The van der Waals surface area contributed by atoms with Gasteiger partial charge in [-0.15, -0.1) is 0 Å². The molecule has 0 radical (unpaired) electrons. The number of nitrogens with zero attached hydrogens (tertiary/aromatic N) is 2. The van der Waals surface area contributed by atoms with Gasteiger partial charge in [-0.05, 0) is 62.1 Å². The molecule has 1 aromatic rings. The van der Waals surface area contributed by atoms with Gasteiger partial charge in [0.2, 0.25) is 11.7 Å². The first-order valence-electron chi connectivity index (χ1n) is 13.8. The lowest BCUT2D eigenvalue weighted by Crippen LogP contribution is -2.50. The van der Waals surface area contributed by atoms with E-state index in [2.05, 4.69) is 4.99 Å². The average molecular weight is 530 g/mol. The van der Waals surface area contributed by atoms with Gasteiger partial charge in [0, 0.05) is 12.5 Å². The second-order valence-corrected chi connectivity index (χ2v) is 10.4. The fraction of sp³-hybridized carbons (Fsp3) is 0.655. The first-order valence-corrected chi connectivity index (χ1v) is 13.8. The Kier molecular flexibility index (Phi) is 10.6. The van der Waals surface area contributed by atoms with Crippen molar-refractivity contribution in [2.75, 3.05) is 27.9 Å². The third-order valence-electron chi connectivity index (χ3n) is 8.07. The smallest absolute Gasteiger partial charge is 0.268 e. The second kappa shape index (κ2) is 13.6. The van der Waals surface area contributed by atoms with Gasteiger partial charge in [-0.25, -0.2) is 4.99 Å². The molecular formula is C29H43N3O6. The molecule has 0 aromatic heterocycles. The lowest BCUT2D eigenvalue weighted by Gasteiger charge is -2.39. The molecule has 1 heterocycles. The van der Waals surface area contributed by atoms with E-state index in [1.165, 1.54) is 0 Å². The zero-order chi connectivity index (χ0) is 27.8. The molecule has 9 nitrogen and oxygen atoms in total. The predicted octanol–water partition coefficient (Wildman–Crippen LogP) is 4.26. The van der Waals surface area contributed by atoms with Crippen molar-refractivity contribution in [3.8, 4) is 17.2 Å². The van der Waals surface area contributed by atoms with E-state index in [0.717, 1.165) is 50.5 Å². The monoisotopic (exact) mass is 529 g/mol. The number of amides is 3. The standard InChI is InChI=1S/C29H43N3O6/c1-6-18(2)25(27(30)33)31-28(34)21-14-10-11-15-32(21)29(35)24(19-12-8-7-9-13-19)20-16-22(36-3)26(38-5)23(17-20)37-4/h16-19,21,24H,6-15H2,1-5H3,(H2,30,33)/t18-,21-,24-/m0/s1. The first kappa shape index (κ1) is 29.5. The van der Waals surface area contributed by atoms with Gasteiger partial charge in [-0.1, -0.05) is 33.1 Å². The van der Waals surface area contributed by atoms with Crippen molar-refractivity contribution in [2.24, 2.45) is 22.6 Å². The summed E-state index contributed by atoms with van der Waals surface area (Å²) in [4.78, 5) is 45.7. The maximum atomic E-state index is 14.4. The van der Waals surface area contributed by atoms with E-state index in [1.54, 1.807) is 26.2 Å². The molecule has 3 atom stereocenters. The highest BCUT2D eigenvalue weighted by Gasteiger charge is 2.40. The maximum Gasteiger partial charge on any atom is 0.268 e. The van der Waals surface area contributed by atoms with Crippen LogP contribution in [0.5, 0.6) is 17.2 Å². The summed E-state index contributed by atoms with van der Waals surface area (Å²) in [5.41, 5.74) is 6.41. The number of ether oxygens (including phenoxy) is 3. The lowest BCUT2D eigenvalue weighted by atomic mass is 9.75. The molecule has 1 aliphatic heterocycles. The molecule has 1 saturated carbocycles. The van der Waals surface area contributed by atoms with Gasteiger partial charge in [-0.3, -0.25) is 14.4 Å². The number of piperidine rings is 1. The van der Waals surface area contributed by atoms with Crippen LogP contribution in [0, 0.1) is 11.8 Å². The topological polar surface area (TPSA) is 121 Å². The molecule has 2 aliphatic rings. The van der Waals surface area contributed by atoms with E-state index < -0.39 is 23.8 Å². The third-order valence-corrected chi connectivity index (χ3v) is 8.07. The molecule has 0 bridgehead atoms. The molecule has 0 unspecified atom stereocenters. The summed E-state index contributed by atoms with van der Waals surface area (Å²) in [6.07, 6.45) is 7.88. The molecule has 210 valence electrons. The Morgan fingerprint density at radius 3 is 2.11 bits per heavy atom. The van der Waals surface area contributed by atoms with Crippen LogP contribution in [-0.4, -0.2) is 62.2 Å². The van der Waals surface area contributed by atoms with Crippen molar-refractivity contribution in [3.63, 3.8) is 0 Å². The summed E-state index contributed by atoms with van der Waals surface area (Å²) in [5.74, 6) is -0.386. The Bertz CT molecular complexity index is 1010. The van der Waals surface area contributed by atoms with Crippen molar-refractivity contribution in [2.45, 2.75) is 83.6 Å². The molecule has 3 amide bonds. The average Bonchev–Trinajstić information content (AvgIpc) is 2.95. The number of carbonyl (C=O) groups excluding carboxylic acids is 3. The predicted molar refractivity (Wildman–Crippen MR) is 146 cm³/mol. The van der Waals surface area contributed by atoms with Gasteiger partial charge in [0.1, 0.15) is 11.8 Å². The van der Waals surface area contributed by atoms with E-state index in [4.69, 9.17) is 19.9 Å². The number of aliphatic imine (C=N–C) groups is 1. The number of carbonyl (C=O) groups is 3. The van der Waals surface area contributed by atoms with Crippen LogP contribution in [0.2, 0.25) is 0 Å². The van der Waals surface area contributed by atoms with Crippen molar-refractivity contribution in [3.05, 3.63) is 17.7 Å². The van der Waals surface area contributed by atoms with E-state index in [0.29, 0.717) is 36.6 Å². The van der Waals surface area contributed by atoms with Crippen LogP contribution in [-0.2, 0) is 14.4 Å². The van der Waals surface area contributed by atoms with Crippen LogP contribution in [0.1, 0.15) is 83.1 Å². The van der Waals surface area contributed by atoms with Crippen molar-refractivity contribution < 1.29 is 28.6 Å². The van der Waals surface area contributed by atoms with Gasteiger partial charge >= 0.3 is 0 Å². The lowest BCUT2D eigenvalue weighted by molar-refractivity contribution is -0.143. The highest BCUT2D eigenvalue weighted by molar-refractivity contribution is 6.40. The van der Waals surface area contributed by atoms with Crippen molar-refractivity contribution in [1.29, 1.82) is 0 Å². The maximum absolute atomic E-state index is 14.4.